The number of benzene rings is 3. The van der Waals surface area contributed by atoms with E-state index in [9.17, 15) is 28.8 Å². The van der Waals surface area contributed by atoms with Crippen LogP contribution in [0.1, 0.15) is 40.0 Å². The number of rotatable bonds is 11. The molecular formula is C30H35N3O9. The second-order valence-corrected chi connectivity index (χ2v) is 9.36. The molecule has 0 spiro atoms. The van der Waals surface area contributed by atoms with Gasteiger partial charge in [0.25, 0.3) is 11.7 Å². The summed E-state index contributed by atoms with van der Waals surface area (Å²) in [5, 5.41) is 33.5. The highest BCUT2D eigenvalue weighted by Gasteiger charge is 2.23. The molecule has 0 fully saturated rings. The quantitative estimate of drug-likeness (QED) is 0.113. The summed E-state index contributed by atoms with van der Waals surface area (Å²) in [7, 11) is 0. The SMILES string of the molecule is CC(NC(=O)C(=O)c1c[nH]c2ccccc12)C(=O)O.O=C(O)CCC(NC(=O)Cc1ccc2ccccc2c1)C(=O)O.[HH].[HH].[HH]. The Morgan fingerprint density at radius 1 is 0.833 bits per heavy atom. The summed E-state index contributed by atoms with van der Waals surface area (Å²) in [6, 6.07) is 18.1. The molecule has 0 radical (unpaired) electrons. The fraction of sp³-hybridized carbons (Fsp3) is 0.200. The molecule has 2 unspecified atom stereocenters. The van der Waals surface area contributed by atoms with E-state index in [1.54, 1.807) is 24.3 Å². The van der Waals surface area contributed by atoms with Crippen LogP contribution in [0, 0.1) is 0 Å². The molecule has 0 bridgehead atoms. The van der Waals surface area contributed by atoms with Crippen LogP contribution in [0.2, 0.25) is 0 Å². The van der Waals surface area contributed by atoms with Crippen molar-refractivity contribution in [2.75, 3.05) is 0 Å². The zero-order chi connectivity index (χ0) is 30.8. The van der Waals surface area contributed by atoms with Gasteiger partial charge < -0.3 is 30.9 Å². The van der Waals surface area contributed by atoms with Crippen LogP contribution in [0.25, 0.3) is 21.7 Å². The summed E-state index contributed by atoms with van der Waals surface area (Å²) < 4.78 is 0. The third-order valence-electron chi connectivity index (χ3n) is 6.22. The van der Waals surface area contributed by atoms with Crippen LogP contribution in [0.5, 0.6) is 0 Å². The molecule has 3 aromatic carbocycles. The van der Waals surface area contributed by atoms with Gasteiger partial charge in [-0.3, -0.25) is 24.0 Å². The van der Waals surface area contributed by atoms with Crippen molar-refractivity contribution < 1.29 is 48.4 Å². The van der Waals surface area contributed by atoms with E-state index in [1.165, 1.54) is 13.1 Å². The topological polar surface area (TPSA) is 203 Å². The van der Waals surface area contributed by atoms with Crippen molar-refractivity contribution in [2.24, 2.45) is 0 Å². The lowest BCUT2D eigenvalue weighted by molar-refractivity contribution is -0.143. The molecule has 0 aliphatic rings. The molecular weight excluding hydrogens is 546 g/mol. The third-order valence-corrected chi connectivity index (χ3v) is 6.22. The van der Waals surface area contributed by atoms with Crippen LogP contribution in [0.15, 0.2) is 72.9 Å². The first-order chi connectivity index (χ1) is 20.0. The molecule has 224 valence electrons. The van der Waals surface area contributed by atoms with Crippen LogP contribution in [-0.4, -0.2) is 67.9 Å². The lowest BCUT2D eigenvalue weighted by atomic mass is 10.0. The number of aromatic amines is 1. The van der Waals surface area contributed by atoms with Crippen molar-refractivity contribution in [3.05, 3.63) is 84.1 Å². The zero-order valence-electron chi connectivity index (χ0n) is 22.5. The molecule has 1 heterocycles. The molecule has 2 atom stereocenters. The zero-order valence-corrected chi connectivity index (χ0v) is 22.5. The van der Waals surface area contributed by atoms with Crippen LogP contribution < -0.4 is 10.6 Å². The average molecular weight is 582 g/mol. The molecule has 0 aliphatic carbocycles. The number of Topliss-reactive ketones (excluding diaryl/α,β-unsaturated/α-hetero) is 1. The van der Waals surface area contributed by atoms with E-state index in [-0.39, 0.29) is 29.1 Å². The number of ketones is 1. The highest BCUT2D eigenvalue weighted by Crippen LogP contribution is 2.18. The van der Waals surface area contributed by atoms with Crippen LogP contribution >= 0.6 is 0 Å². The first-order valence-electron chi connectivity index (χ1n) is 12.8. The molecule has 0 saturated heterocycles. The number of amides is 2. The predicted octanol–water partition coefficient (Wildman–Crippen LogP) is 3.49. The first-order valence-corrected chi connectivity index (χ1v) is 12.8. The van der Waals surface area contributed by atoms with E-state index >= 15 is 0 Å². The first kappa shape index (κ1) is 31.0. The van der Waals surface area contributed by atoms with Gasteiger partial charge in [-0.25, -0.2) is 4.79 Å². The number of carboxylic acids is 3. The summed E-state index contributed by atoms with van der Waals surface area (Å²) in [4.78, 5) is 70.7. The Hall–Kier alpha value is -5.52. The van der Waals surface area contributed by atoms with Crippen LogP contribution in [0.4, 0.5) is 0 Å². The Morgan fingerprint density at radius 3 is 2.17 bits per heavy atom. The number of carboxylic acid groups (broad SMARTS) is 3. The maximum Gasteiger partial charge on any atom is 0.326 e. The van der Waals surface area contributed by atoms with Gasteiger partial charge in [0.2, 0.25) is 5.91 Å². The summed E-state index contributed by atoms with van der Waals surface area (Å²) in [6.07, 6.45) is 1.03. The Kier molecular flexibility index (Phi) is 10.5. The lowest BCUT2D eigenvalue weighted by Gasteiger charge is -2.13. The number of aliphatic carboxylic acids is 3. The van der Waals surface area contributed by atoms with Crippen molar-refractivity contribution >= 4 is 57.2 Å². The monoisotopic (exact) mass is 581 g/mol. The number of hydrogen-bond donors (Lipinski definition) is 6. The number of H-pyrrole nitrogens is 1. The van der Waals surface area contributed by atoms with Gasteiger partial charge in [0, 0.05) is 27.8 Å². The largest absolute Gasteiger partial charge is 0.481 e. The van der Waals surface area contributed by atoms with Crippen molar-refractivity contribution in [1.29, 1.82) is 0 Å². The third kappa shape index (κ3) is 8.49. The minimum atomic E-state index is -1.24. The molecule has 12 heteroatoms. The molecule has 2 amide bonds. The van der Waals surface area contributed by atoms with Gasteiger partial charge in [-0.2, -0.15) is 0 Å². The summed E-state index contributed by atoms with van der Waals surface area (Å²) in [5.41, 5.74) is 1.74. The van der Waals surface area contributed by atoms with E-state index in [1.807, 2.05) is 42.5 Å². The van der Waals surface area contributed by atoms with Crippen LogP contribution in [0.3, 0.4) is 0 Å². The van der Waals surface area contributed by atoms with Gasteiger partial charge in [0.05, 0.1) is 12.0 Å². The van der Waals surface area contributed by atoms with E-state index in [0.717, 1.165) is 21.9 Å². The Labute approximate surface area is 243 Å². The van der Waals surface area contributed by atoms with Gasteiger partial charge in [0.15, 0.2) is 0 Å². The number of carbonyl (C=O) groups excluding carboxylic acids is 3. The maximum atomic E-state index is 12.0. The Morgan fingerprint density at radius 2 is 1.50 bits per heavy atom. The normalized spacial score (nSPS) is 11.9. The second-order valence-electron chi connectivity index (χ2n) is 9.36. The molecule has 0 saturated carbocycles. The number of carbonyl (C=O) groups is 6. The minimum Gasteiger partial charge on any atom is -0.481 e. The molecule has 42 heavy (non-hydrogen) atoms. The number of para-hydroxylation sites is 1. The average Bonchev–Trinajstić information content (AvgIpc) is 3.39. The van der Waals surface area contributed by atoms with Crippen molar-refractivity contribution in [3.63, 3.8) is 0 Å². The highest BCUT2D eigenvalue weighted by molar-refractivity contribution is 6.45. The van der Waals surface area contributed by atoms with Crippen molar-refractivity contribution in [1.82, 2.24) is 15.6 Å². The van der Waals surface area contributed by atoms with Crippen molar-refractivity contribution in [2.45, 2.75) is 38.3 Å². The summed E-state index contributed by atoms with van der Waals surface area (Å²) in [6.45, 7) is 1.29. The van der Waals surface area contributed by atoms with E-state index < -0.39 is 47.6 Å². The minimum absolute atomic E-state index is 0. The number of fused-ring (bicyclic) bond motifs is 2. The predicted molar refractivity (Wildman–Crippen MR) is 158 cm³/mol. The van der Waals surface area contributed by atoms with E-state index in [2.05, 4.69) is 15.6 Å². The Balaban J connectivity index is 0.000000818. The van der Waals surface area contributed by atoms with Gasteiger partial charge in [-0.05, 0) is 35.7 Å². The molecule has 12 nitrogen and oxygen atoms in total. The number of aromatic nitrogens is 1. The van der Waals surface area contributed by atoms with E-state index in [4.69, 9.17) is 15.3 Å². The molecule has 6 N–H and O–H groups in total. The standard InChI is InChI=1S/C17H17NO5.C13H12N2O4.3H2/c19-15(18-14(17(22)23)7-8-16(20)21)10-11-5-6-12-3-1-2-4-13(12)9-11;1-7(13(18)19)15-12(17)11(16)9-6-14-10-5-3-2-4-8(9)10;;;/h1-6,9,14H,7-8,10H2,(H,18,19)(H,20,21)(H,22,23);2-7,14H,1H3,(H,15,17)(H,18,19);3*1H. The maximum absolute atomic E-state index is 12.0. The van der Waals surface area contributed by atoms with Gasteiger partial charge >= 0.3 is 17.9 Å². The second kappa shape index (κ2) is 14.2. The van der Waals surface area contributed by atoms with Gasteiger partial charge in [-0.1, -0.05) is 60.7 Å². The number of hydrogen-bond acceptors (Lipinski definition) is 6. The number of nitrogens with one attached hydrogen (secondary N) is 3. The summed E-state index contributed by atoms with van der Waals surface area (Å²) in [5.74, 6) is -5.67. The fourth-order valence-electron chi connectivity index (χ4n) is 4.01. The lowest BCUT2D eigenvalue weighted by Crippen LogP contribution is -2.41. The smallest absolute Gasteiger partial charge is 0.326 e. The molecule has 4 rings (SSSR count). The van der Waals surface area contributed by atoms with Gasteiger partial charge in [-0.15, -0.1) is 0 Å². The molecule has 1 aromatic heterocycles. The van der Waals surface area contributed by atoms with E-state index in [0.29, 0.717) is 5.39 Å². The Bertz CT molecular complexity index is 1660. The molecule has 4 aromatic rings. The summed E-state index contributed by atoms with van der Waals surface area (Å²) >= 11 is 0. The van der Waals surface area contributed by atoms with Crippen molar-refractivity contribution in [3.8, 4) is 0 Å². The van der Waals surface area contributed by atoms with Crippen LogP contribution in [-0.2, 0) is 30.4 Å². The fourth-order valence-corrected chi connectivity index (χ4v) is 4.01. The van der Waals surface area contributed by atoms with Gasteiger partial charge in [0.1, 0.15) is 12.1 Å². The molecule has 0 aliphatic heterocycles. The highest BCUT2D eigenvalue weighted by atomic mass is 16.4.